The second-order valence-corrected chi connectivity index (χ2v) is 4.36. The van der Waals surface area contributed by atoms with Crippen LogP contribution in [0.2, 0.25) is 0 Å². The maximum absolute atomic E-state index is 11.9. The van der Waals surface area contributed by atoms with Crippen LogP contribution in [-0.4, -0.2) is 23.5 Å². The van der Waals surface area contributed by atoms with E-state index in [4.69, 9.17) is 4.74 Å². The molecule has 2 heterocycles. The maximum Gasteiger partial charge on any atom is 0.294 e. The molecule has 19 heavy (non-hydrogen) atoms. The number of carbonyl (C=O) groups is 2. The molecule has 1 aliphatic heterocycles. The van der Waals surface area contributed by atoms with Gasteiger partial charge in [0.15, 0.2) is 5.76 Å². The lowest BCUT2D eigenvalue weighted by atomic mass is 10.0. The number of nitrogens with zero attached hydrogens (tertiary/aromatic N) is 1. The molecule has 0 saturated heterocycles. The summed E-state index contributed by atoms with van der Waals surface area (Å²) in [7, 11) is 3.28. The number of rotatable bonds is 2. The van der Waals surface area contributed by atoms with Crippen LogP contribution in [0.15, 0.2) is 36.2 Å². The monoisotopic (exact) mass is 256 g/mol. The number of ether oxygens (including phenoxy) is 1. The normalized spacial score (nSPS) is 15.3. The van der Waals surface area contributed by atoms with Crippen molar-refractivity contribution in [3.63, 3.8) is 0 Å². The minimum atomic E-state index is -0.490. The number of para-hydroxylation sites is 1. The van der Waals surface area contributed by atoms with Crippen molar-refractivity contribution in [1.82, 2.24) is 9.88 Å². The average molecular weight is 256 g/mol. The topological polar surface area (TPSA) is 60.3 Å². The number of imide groups is 1. The van der Waals surface area contributed by atoms with Gasteiger partial charge in [-0.3, -0.25) is 14.9 Å². The third-order valence-corrected chi connectivity index (χ3v) is 3.26. The van der Waals surface area contributed by atoms with E-state index in [0.29, 0.717) is 11.1 Å². The van der Waals surface area contributed by atoms with Crippen LogP contribution < -0.4 is 5.32 Å². The minimum absolute atomic E-state index is 0.0707. The lowest BCUT2D eigenvalue weighted by Crippen LogP contribution is -2.23. The Labute approximate surface area is 109 Å². The fraction of sp³-hybridized carbons (Fsp3) is 0.143. The van der Waals surface area contributed by atoms with E-state index < -0.39 is 11.8 Å². The Hall–Kier alpha value is -2.56. The number of nitrogens with one attached hydrogen (secondary N) is 1. The highest BCUT2D eigenvalue weighted by molar-refractivity contribution is 6.36. The predicted molar refractivity (Wildman–Crippen MR) is 70.0 cm³/mol. The zero-order valence-corrected chi connectivity index (χ0v) is 10.6. The van der Waals surface area contributed by atoms with Crippen molar-refractivity contribution in [3.8, 4) is 0 Å². The Kier molecular flexibility index (Phi) is 2.41. The quantitative estimate of drug-likeness (QED) is 0.821. The van der Waals surface area contributed by atoms with E-state index in [0.717, 1.165) is 10.9 Å². The summed E-state index contributed by atoms with van der Waals surface area (Å²) < 4.78 is 6.97. The molecule has 2 aromatic rings. The molecule has 0 saturated carbocycles. The number of benzene rings is 1. The number of hydrogen-bond donors (Lipinski definition) is 1. The van der Waals surface area contributed by atoms with Gasteiger partial charge < -0.3 is 9.30 Å². The largest absolute Gasteiger partial charge is 0.490 e. The van der Waals surface area contributed by atoms with Gasteiger partial charge in [0.2, 0.25) is 0 Å². The molecular formula is C14H12N2O3. The number of aryl methyl sites for hydroxylation is 1. The van der Waals surface area contributed by atoms with E-state index in [1.165, 1.54) is 7.11 Å². The number of hydrogen-bond acceptors (Lipinski definition) is 3. The third kappa shape index (κ3) is 1.55. The van der Waals surface area contributed by atoms with Crippen molar-refractivity contribution >= 4 is 28.3 Å². The van der Waals surface area contributed by atoms with Crippen LogP contribution >= 0.6 is 0 Å². The summed E-state index contributed by atoms with van der Waals surface area (Å²) in [4.78, 5) is 23.5. The highest BCUT2D eigenvalue weighted by atomic mass is 16.5. The minimum Gasteiger partial charge on any atom is -0.490 e. The van der Waals surface area contributed by atoms with Gasteiger partial charge in [-0.1, -0.05) is 18.2 Å². The van der Waals surface area contributed by atoms with Crippen molar-refractivity contribution in [1.29, 1.82) is 0 Å². The van der Waals surface area contributed by atoms with Gasteiger partial charge in [-0.25, -0.2) is 0 Å². The zero-order chi connectivity index (χ0) is 13.6. The van der Waals surface area contributed by atoms with E-state index in [1.54, 1.807) is 0 Å². The molecule has 0 unspecified atom stereocenters. The van der Waals surface area contributed by atoms with Gasteiger partial charge >= 0.3 is 0 Å². The molecule has 1 aromatic carbocycles. The summed E-state index contributed by atoms with van der Waals surface area (Å²) in [6.45, 7) is 0. The summed E-state index contributed by atoms with van der Waals surface area (Å²) in [5.74, 6) is -0.838. The summed E-state index contributed by atoms with van der Waals surface area (Å²) >= 11 is 0. The molecule has 1 aliphatic rings. The second-order valence-electron chi connectivity index (χ2n) is 4.36. The molecule has 2 amide bonds. The smallest absolute Gasteiger partial charge is 0.294 e. The Balaban J connectivity index is 2.33. The number of fused-ring (bicyclic) bond motifs is 1. The Morgan fingerprint density at radius 2 is 1.89 bits per heavy atom. The third-order valence-electron chi connectivity index (χ3n) is 3.26. The first kappa shape index (κ1) is 11.5. The average Bonchev–Trinajstić information content (AvgIpc) is 2.87. The Morgan fingerprint density at radius 3 is 2.63 bits per heavy atom. The van der Waals surface area contributed by atoms with E-state index in [-0.39, 0.29) is 5.76 Å². The van der Waals surface area contributed by atoms with Crippen molar-refractivity contribution in [2.45, 2.75) is 0 Å². The lowest BCUT2D eigenvalue weighted by molar-refractivity contribution is -0.124. The summed E-state index contributed by atoms with van der Waals surface area (Å²) in [6, 6.07) is 7.70. The first-order valence-corrected chi connectivity index (χ1v) is 5.82. The van der Waals surface area contributed by atoms with Crippen LogP contribution in [0.25, 0.3) is 16.5 Å². The van der Waals surface area contributed by atoms with Crippen molar-refractivity contribution in [2.24, 2.45) is 7.05 Å². The van der Waals surface area contributed by atoms with E-state index >= 15 is 0 Å². The van der Waals surface area contributed by atoms with Crippen molar-refractivity contribution in [2.75, 3.05) is 7.11 Å². The highest BCUT2D eigenvalue weighted by Crippen LogP contribution is 2.31. The van der Waals surface area contributed by atoms with Crippen LogP contribution in [0.1, 0.15) is 5.56 Å². The molecule has 0 radical (unpaired) electrons. The summed E-state index contributed by atoms with van der Waals surface area (Å²) in [6.07, 6.45) is 1.83. The fourth-order valence-corrected chi connectivity index (χ4v) is 2.42. The van der Waals surface area contributed by atoms with Gasteiger partial charge in [0, 0.05) is 29.7 Å². The standard InChI is InChI=1S/C14H12N2O3/c1-16-7-9(8-5-3-4-6-10(8)16)11-12(19-2)14(18)15-13(11)17/h3-7H,1-2H3,(H,15,17,18). The molecule has 0 atom stereocenters. The molecule has 5 heteroatoms. The molecular weight excluding hydrogens is 244 g/mol. The van der Waals surface area contributed by atoms with Crippen molar-refractivity contribution < 1.29 is 14.3 Å². The van der Waals surface area contributed by atoms with Gasteiger partial charge in [0.1, 0.15) is 0 Å². The fourth-order valence-electron chi connectivity index (χ4n) is 2.42. The van der Waals surface area contributed by atoms with Crippen molar-refractivity contribution in [3.05, 3.63) is 41.8 Å². The molecule has 0 spiro atoms. The number of carbonyl (C=O) groups excluding carboxylic acids is 2. The van der Waals surface area contributed by atoms with Crippen LogP contribution in [0.3, 0.4) is 0 Å². The van der Waals surface area contributed by atoms with Gasteiger partial charge in [-0.05, 0) is 6.07 Å². The number of amides is 2. The Bertz CT molecular complexity index is 740. The van der Waals surface area contributed by atoms with Crippen LogP contribution in [0.5, 0.6) is 0 Å². The van der Waals surface area contributed by atoms with Crippen LogP contribution in [0.4, 0.5) is 0 Å². The molecule has 96 valence electrons. The number of aromatic nitrogens is 1. The first-order chi connectivity index (χ1) is 9.13. The SMILES string of the molecule is COC1=C(c2cn(C)c3ccccc23)C(=O)NC1=O. The molecule has 1 N–H and O–H groups in total. The van der Waals surface area contributed by atoms with Crippen LogP contribution in [0, 0.1) is 0 Å². The first-order valence-electron chi connectivity index (χ1n) is 5.82. The molecule has 1 aromatic heterocycles. The van der Waals surface area contributed by atoms with Gasteiger partial charge in [-0.2, -0.15) is 0 Å². The second kappa shape index (κ2) is 3.98. The Morgan fingerprint density at radius 1 is 1.16 bits per heavy atom. The summed E-state index contributed by atoms with van der Waals surface area (Å²) in [5, 5.41) is 3.17. The molecule has 0 aliphatic carbocycles. The molecule has 0 bridgehead atoms. The predicted octanol–water partition coefficient (Wildman–Crippen LogP) is 1.19. The lowest BCUT2D eigenvalue weighted by Gasteiger charge is -2.00. The molecule has 5 nitrogen and oxygen atoms in total. The van der Waals surface area contributed by atoms with Crippen LogP contribution in [-0.2, 0) is 21.4 Å². The van der Waals surface area contributed by atoms with E-state index in [1.807, 2.05) is 42.1 Å². The highest BCUT2D eigenvalue weighted by Gasteiger charge is 2.33. The maximum atomic E-state index is 11.9. The van der Waals surface area contributed by atoms with Gasteiger partial charge in [0.25, 0.3) is 11.8 Å². The molecule has 0 fully saturated rings. The van der Waals surface area contributed by atoms with E-state index in [2.05, 4.69) is 5.32 Å². The van der Waals surface area contributed by atoms with Gasteiger partial charge in [0.05, 0.1) is 12.7 Å². The van der Waals surface area contributed by atoms with Gasteiger partial charge in [-0.15, -0.1) is 0 Å². The number of methoxy groups -OCH3 is 1. The molecule has 3 rings (SSSR count). The van der Waals surface area contributed by atoms with E-state index in [9.17, 15) is 9.59 Å². The summed E-state index contributed by atoms with van der Waals surface area (Å²) in [5.41, 5.74) is 2.00. The zero-order valence-electron chi connectivity index (χ0n) is 10.6.